The van der Waals surface area contributed by atoms with Crippen molar-refractivity contribution < 1.29 is 19.4 Å². The lowest BCUT2D eigenvalue weighted by Gasteiger charge is -2.31. The number of aliphatic carboxylic acids is 1. The molecule has 1 saturated carbocycles. The minimum atomic E-state index is -0.784. The van der Waals surface area contributed by atoms with E-state index in [0.29, 0.717) is 18.8 Å². The molecule has 0 amide bonds. The highest BCUT2D eigenvalue weighted by atomic mass is 16.6. The van der Waals surface area contributed by atoms with Crippen molar-refractivity contribution in [3.05, 3.63) is 0 Å². The van der Waals surface area contributed by atoms with Crippen LogP contribution in [0.5, 0.6) is 0 Å². The molecule has 3 atom stereocenters. The van der Waals surface area contributed by atoms with Crippen LogP contribution in [0.4, 0.5) is 0 Å². The number of carbonyl (C=O) groups is 2. The monoisotopic (exact) mass is 340 g/mol. The molecule has 3 unspecified atom stereocenters. The number of hydrogen-bond acceptors (Lipinski definition) is 3. The Morgan fingerprint density at radius 3 is 2.42 bits per heavy atom. The van der Waals surface area contributed by atoms with Crippen molar-refractivity contribution in [1.82, 2.24) is 0 Å². The van der Waals surface area contributed by atoms with Crippen LogP contribution < -0.4 is 0 Å². The van der Waals surface area contributed by atoms with E-state index in [9.17, 15) is 9.59 Å². The first-order valence-electron chi connectivity index (χ1n) is 9.74. The molecule has 4 nitrogen and oxygen atoms in total. The molecule has 1 fully saturated rings. The molecule has 0 saturated heterocycles. The summed E-state index contributed by atoms with van der Waals surface area (Å²) in [6, 6.07) is 0. The van der Waals surface area contributed by atoms with E-state index in [1.807, 2.05) is 13.8 Å². The summed E-state index contributed by atoms with van der Waals surface area (Å²) in [7, 11) is 0. The van der Waals surface area contributed by atoms with Gasteiger partial charge in [0.2, 0.25) is 0 Å². The highest BCUT2D eigenvalue weighted by molar-refractivity contribution is 5.75. The van der Waals surface area contributed by atoms with E-state index >= 15 is 0 Å². The van der Waals surface area contributed by atoms with Crippen LogP contribution >= 0.6 is 0 Å². The summed E-state index contributed by atoms with van der Waals surface area (Å²) in [5.74, 6) is -0.922. The number of rotatable bonds is 10. The van der Waals surface area contributed by atoms with Crippen LogP contribution in [0.3, 0.4) is 0 Å². The van der Waals surface area contributed by atoms with E-state index in [2.05, 4.69) is 13.8 Å². The van der Waals surface area contributed by atoms with Gasteiger partial charge >= 0.3 is 11.9 Å². The molecular weight excluding hydrogens is 304 g/mol. The highest BCUT2D eigenvalue weighted by Gasteiger charge is 2.34. The summed E-state index contributed by atoms with van der Waals surface area (Å²) in [5.41, 5.74) is -0.465. The fourth-order valence-corrected chi connectivity index (χ4v) is 3.63. The number of unbranched alkanes of at least 4 members (excludes halogenated alkanes) is 1. The molecule has 0 radical (unpaired) electrons. The van der Waals surface area contributed by atoms with Gasteiger partial charge in [0.1, 0.15) is 5.60 Å². The van der Waals surface area contributed by atoms with Gasteiger partial charge in [0.25, 0.3) is 0 Å². The Balaban J connectivity index is 2.47. The van der Waals surface area contributed by atoms with Crippen LogP contribution in [0.2, 0.25) is 0 Å². The second-order valence-electron chi connectivity index (χ2n) is 8.03. The second-order valence-corrected chi connectivity index (χ2v) is 8.03. The predicted octanol–water partition coefficient (Wildman–Crippen LogP) is 5.20. The van der Waals surface area contributed by atoms with Gasteiger partial charge in [-0.25, -0.2) is 0 Å². The number of carbonyl (C=O) groups excluding carboxylic acids is 1. The van der Waals surface area contributed by atoms with Crippen molar-refractivity contribution in [3.63, 3.8) is 0 Å². The van der Waals surface area contributed by atoms with Crippen molar-refractivity contribution in [2.45, 2.75) is 97.5 Å². The van der Waals surface area contributed by atoms with Gasteiger partial charge in [0, 0.05) is 0 Å². The lowest BCUT2D eigenvalue weighted by Crippen LogP contribution is -2.35. The Bertz CT molecular complexity index is 402. The lowest BCUT2D eigenvalue weighted by molar-refractivity contribution is -0.165. The average molecular weight is 341 g/mol. The summed E-state index contributed by atoms with van der Waals surface area (Å²) in [6.07, 6.45) is 9.52. The summed E-state index contributed by atoms with van der Waals surface area (Å²) in [6.45, 7) is 8.41. The van der Waals surface area contributed by atoms with Gasteiger partial charge in [-0.2, -0.15) is 0 Å². The summed E-state index contributed by atoms with van der Waals surface area (Å²) in [5, 5.41) is 9.16. The zero-order valence-electron chi connectivity index (χ0n) is 16.0. The van der Waals surface area contributed by atoms with E-state index in [4.69, 9.17) is 9.84 Å². The van der Waals surface area contributed by atoms with Crippen molar-refractivity contribution in [3.8, 4) is 0 Å². The largest absolute Gasteiger partial charge is 0.481 e. The summed E-state index contributed by atoms with van der Waals surface area (Å²) < 4.78 is 5.77. The Morgan fingerprint density at radius 2 is 1.83 bits per heavy atom. The van der Waals surface area contributed by atoms with Crippen LogP contribution in [0, 0.1) is 17.8 Å². The first-order chi connectivity index (χ1) is 11.3. The number of carboxylic acid groups (broad SMARTS) is 1. The third-order valence-electron chi connectivity index (χ3n) is 5.43. The van der Waals surface area contributed by atoms with Gasteiger partial charge in [-0.1, -0.05) is 46.0 Å². The number of carboxylic acids is 1. The molecule has 140 valence electrons. The maximum absolute atomic E-state index is 12.5. The predicted molar refractivity (Wildman–Crippen MR) is 95.8 cm³/mol. The molecule has 0 spiro atoms. The topological polar surface area (TPSA) is 63.6 Å². The van der Waals surface area contributed by atoms with Gasteiger partial charge in [-0.15, -0.1) is 0 Å². The number of hydrogen-bond donors (Lipinski definition) is 1. The number of esters is 1. The van der Waals surface area contributed by atoms with Crippen LogP contribution in [0.15, 0.2) is 0 Å². The first-order valence-corrected chi connectivity index (χ1v) is 9.74. The van der Waals surface area contributed by atoms with E-state index in [0.717, 1.165) is 25.7 Å². The second kappa shape index (κ2) is 10.0. The van der Waals surface area contributed by atoms with Crippen LogP contribution in [-0.2, 0) is 14.3 Å². The smallest absolute Gasteiger partial charge is 0.309 e. The molecule has 0 heterocycles. The average Bonchev–Trinajstić information content (AvgIpc) is 2.54. The summed E-state index contributed by atoms with van der Waals surface area (Å²) >= 11 is 0. The van der Waals surface area contributed by atoms with Crippen molar-refractivity contribution in [2.24, 2.45) is 17.8 Å². The maximum atomic E-state index is 12.5. The molecular formula is C20H36O4. The van der Waals surface area contributed by atoms with Crippen LogP contribution in [0.1, 0.15) is 91.9 Å². The molecule has 1 aliphatic rings. The molecule has 0 aromatic heterocycles. The molecule has 24 heavy (non-hydrogen) atoms. The first kappa shape index (κ1) is 21.0. The molecule has 0 bridgehead atoms. The van der Waals surface area contributed by atoms with Crippen molar-refractivity contribution in [2.75, 3.05) is 0 Å². The van der Waals surface area contributed by atoms with Gasteiger partial charge < -0.3 is 9.84 Å². The fraction of sp³-hybridized carbons (Fsp3) is 0.900. The van der Waals surface area contributed by atoms with Gasteiger partial charge in [0.15, 0.2) is 0 Å². The quantitative estimate of drug-likeness (QED) is 0.555. The molecule has 1 rings (SSSR count). The fourth-order valence-electron chi connectivity index (χ4n) is 3.63. The van der Waals surface area contributed by atoms with Gasteiger partial charge in [-0.05, 0) is 51.9 Å². The van der Waals surface area contributed by atoms with E-state index in [1.165, 1.54) is 25.7 Å². The van der Waals surface area contributed by atoms with Gasteiger partial charge in [-0.3, -0.25) is 9.59 Å². The standard InChI is InChI=1S/C20H36O4/c1-5-7-9-15(6-2)12-13-20(3,4)24-19(23)17-11-8-10-16(14-17)18(21)22/h15-17H,5-14H2,1-4H3,(H,21,22). The van der Waals surface area contributed by atoms with Crippen LogP contribution in [-0.4, -0.2) is 22.6 Å². The lowest BCUT2D eigenvalue weighted by atomic mass is 9.81. The highest BCUT2D eigenvalue weighted by Crippen LogP contribution is 2.32. The third kappa shape index (κ3) is 7.23. The molecule has 1 N–H and O–H groups in total. The molecule has 0 aromatic carbocycles. The summed E-state index contributed by atoms with van der Waals surface area (Å²) in [4.78, 5) is 23.6. The zero-order valence-corrected chi connectivity index (χ0v) is 16.0. The van der Waals surface area contributed by atoms with E-state index < -0.39 is 17.5 Å². The Kier molecular flexibility index (Phi) is 8.79. The van der Waals surface area contributed by atoms with E-state index in [1.54, 1.807) is 0 Å². The SMILES string of the molecule is CCCCC(CC)CCC(C)(C)OC(=O)C1CCCC(C(=O)O)C1. The van der Waals surface area contributed by atoms with E-state index in [-0.39, 0.29) is 11.9 Å². The molecule has 0 aromatic rings. The zero-order chi connectivity index (χ0) is 18.2. The normalized spacial score (nSPS) is 22.8. The molecule has 0 aliphatic heterocycles. The minimum Gasteiger partial charge on any atom is -0.481 e. The van der Waals surface area contributed by atoms with Crippen molar-refractivity contribution >= 4 is 11.9 Å². The van der Waals surface area contributed by atoms with Gasteiger partial charge in [0.05, 0.1) is 11.8 Å². The molecule has 4 heteroatoms. The third-order valence-corrected chi connectivity index (χ3v) is 5.43. The molecule has 1 aliphatic carbocycles. The maximum Gasteiger partial charge on any atom is 0.309 e. The van der Waals surface area contributed by atoms with Crippen molar-refractivity contribution in [1.29, 1.82) is 0 Å². The number of ether oxygens (including phenoxy) is 1. The minimum absolute atomic E-state index is 0.201. The Labute approximate surface area is 147 Å². The van der Waals surface area contributed by atoms with Crippen LogP contribution in [0.25, 0.3) is 0 Å². The Morgan fingerprint density at radius 1 is 1.17 bits per heavy atom. The Hall–Kier alpha value is -1.06.